The molecule has 2 aromatic carbocycles. The van der Waals surface area contributed by atoms with Gasteiger partial charge in [0.25, 0.3) is 0 Å². The van der Waals surface area contributed by atoms with Gasteiger partial charge in [0.2, 0.25) is 11.8 Å². The Hall–Kier alpha value is -4.31. The van der Waals surface area contributed by atoms with Crippen molar-refractivity contribution >= 4 is 28.1 Å². The minimum absolute atomic E-state index is 0.0161. The molecule has 0 fully saturated rings. The molecule has 1 atom stereocenters. The van der Waals surface area contributed by atoms with Crippen LogP contribution in [0.25, 0.3) is 16.5 Å². The van der Waals surface area contributed by atoms with Crippen LogP contribution in [0.1, 0.15) is 43.0 Å². The predicted molar refractivity (Wildman–Crippen MR) is 127 cm³/mol. The lowest BCUT2D eigenvalue weighted by molar-refractivity contribution is -0.121. The summed E-state index contributed by atoms with van der Waals surface area (Å²) in [5.74, 6) is -0.472. The van der Waals surface area contributed by atoms with Gasteiger partial charge in [0.1, 0.15) is 22.8 Å². The molecule has 3 aliphatic rings. The number of allylic oxidation sites excluding steroid dienone is 1. The largest absolute Gasteiger partial charge is 0.439 e. The lowest BCUT2D eigenvalue weighted by Crippen LogP contribution is -2.54. The van der Waals surface area contributed by atoms with E-state index in [4.69, 9.17) is 14.9 Å². The zero-order chi connectivity index (χ0) is 24.2. The quantitative estimate of drug-likeness (QED) is 0.517. The molecule has 1 amide bonds. The molecule has 7 nitrogen and oxygen atoms in total. The van der Waals surface area contributed by atoms with Crippen molar-refractivity contribution in [3.05, 3.63) is 86.6 Å². The Balaban J connectivity index is 1.87. The maximum Gasteiger partial charge on any atom is 0.345 e. The molecule has 7 heteroatoms. The Morgan fingerprint density at radius 3 is 2.59 bits per heavy atom. The van der Waals surface area contributed by atoms with Gasteiger partial charge in [0.15, 0.2) is 11.2 Å². The first-order valence-corrected chi connectivity index (χ1v) is 11.0. The van der Waals surface area contributed by atoms with Crippen LogP contribution < -0.4 is 21.0 Å². The first-order chi connectivity index (χ1) is 16.1. The number of carbonyl (C=O) groups excluding carboxylic acids is 1. The smallest absolute Gasteiger partial charge is 0.345 e. The van der Waals surface area contributed by atoms with Gasteiger partial charge in [-0.1, -0.05) is 29.8 Å². The first-order valence-electron chi connectivity index (χ1n) is 11.0. The fourth-order valence-electron chi connectivity index (χ4n) is 5.86. The Kier molecular flexibility index (Phi) is 3.69. The number of para-hydroxylation sites is 1. The average Bonchev–Trinajstić information content (AvgIpc) is 3.02. The summed E-state index contributed by atoms with van der Waals surface area (Å²) in [7, 11) is 0. The number of nitriles is 1. The van der Waals surface area contributed by atoms with Crippen molar-refractivity contribution in [3.63, 3.8) is 0 Å². The van der Waals surface area contributed by atoms with E-state index < -0.39 is 22.5 Å². The molecule has 1 unspecified atom stereocenters. The molecule has 0 radical (unpaired) electrons. The van der Waals surface area contributed by atoms with Crippen LogP contribution in [0.3, 0.4) is 0 Å². The summed E-state index contributed by atoms with van der Waals surface area (Å²) in [5.41, 5.74) is 7.30. The Bertz CT molecular complexity index is 1650. The fraction of sp³-hybridized carbons (Fsp3) is 0.222. The highest BCUT2D eigenvalue weighted by Gasteiger charge is 2.64. The summed E-state index contributed by atoms with van der Waals surface area (Å²) < 4.78 is 11.6. The van der Waals surface area contributed by atoms with Crippen LogP contribution in [-0.2, 0) is 10.2 Å². The molecule has 168 valence electrons. The highest BCUT2D eigenvalue weighted by molar-refractivity contribution is 6.18. The second-order valence-corrected chi connectivity index (χ2v) is 9.62. The van der Waals surface area contributed by atoms with Gasteiger partial charge in [-0.15, -0.1) is 0 Å². The third-order valence-electron chi connectivity index (χ3n) is 7.06. The summed E-state index contributed by atoms with van der Waals surface area (Å²) in [6, 6.07) is 12.9. The maximum absolute atomic E-state index is 14.6. The molecular weight excluding hydrogens is 430 g/mol. The molecule has 3 aromatic rings. The number of aryl methyl sites for hydroxylation is 1. The van der Waals surface area contributed by atoms with Gasteiger partial charge < -0.3 is 19.8 Å². The predicted octanol–water partition coefficient (Wildman–Crippen LogP) is 4.02. The van der Waals surface area contributed by atoms with Crippen LogP contribution in [0.15, 0.2) is 63.1 Å². The number of amides is 1. The SMILES string of the molecule is CC1=CC(C)(C)N2C(=O)C3(C(C#N)=C(N)Oc4c3c(=O)oc3ccccc43)c3cc(C)cc1c32. The van der Waals surface area contributed by atoms with Gasteiger partial charge in [-0.2, -0.15) is 5.26 Å². The standard InChI is InChI=1S/C27H21N3O4/c1-13-9-16-14(2)11-26(3,4)30-21(16)17(10-13)27(25(30)32)18(12-28)23(29)34-22-15-7-5-6-8-19(15)33-24(31)20(22)27/h5-11H,29H2,1-4H3. The molecule has 34 heavy (non-hydrogen) atoms. The number of rotatable bonds is 0. The minimum Gasteiger partial charge on any atom is -0.439 e. The number of nitrogens with two attached hydrogens (primary N) is 1. The second kappa shape index (κ2) is 6.17. The molecule has 0 saturated heterocycles. The van der Waals surface area contributed by atoms with E-state index in [0.29, 0.717) is 22.2 Å². The van der Waals surface area contributed by atoms with Crippen LogP contribution >= 0.6 is 0 Å². The van der Waals surface area contributed by atoms with E-state index >= 15 is 0 Å². The Morgan fingerprint density at radius 1 is 1.12 bits per heavy atom. The highest BCUT2D eigenvalue weighted by Crippen LogP contribution is 2.59. The number of hydrogen-bond donors (Lipinski definition) is 1. The first kappa shape index (κ1) is 20.3. The molecule has 0 saturated carbocycles. The van der Waals surface area contributed by atoms with E-state index in [0.717, 1.165) is 16.7 Å². The number of fused-ring (bicyclic) bond motifs is 5. The molecule has 0 aliphatic carbocycles. The van der Waals surface area contributed by atoms with E-state index in [2.05, 4.69) is 6.07 Å². The second-order valence-electron chi connectivity index (χ2n) is 9.62. The molecule has 1 spiro atoms. The minimum atomic E-state index is -1.77. The Morgan fingerprint density at radius 2 is 1.85 bits per heavy atom. The molecule has 0 bridgehead atoms. The van der Waals surface area contributed by atoms with Crippen molar-refractivity contribution < 1.29 is 13.9 Å². The molecule has 6 rings (SSSR count). The lowest BCUT2D eigenvalue weighted by atomic mass is 9.68. The van der Waals surface area contributed by atoms with Crippen molar-refractivity contribution in [1.29, 1.82) is 5.26 Å². The summed E-state index contributed by atoms with van der Waals surface area (Å²) in [4.78, 5) is 29.8. The number of hydrogen-bond acceptors (Lipinski definition) is 6. The van der Waals surface area contributed by atoms with E-state index in [9.17, 15) is 14.9 Å². The fourth-order valence-corrected chi connectivity index (χ4v) is 5.86. The van der Waals surface area contributed by atoms with Gasteiger partial charge >= 0.3 is 5.63 Å². The number of carbonyl (C=O) groups is 1. The van der Waals surface area contributed by atoms with Gasteiger partial charge in [-0.05, 0) is 51.5 Å². The number of nitrogens with zero attached hydrogens (tertiary/aromatic N) is 2. The van der Waals surface area contributed by atoms with Crippen molar-refractivity contribution in [1.82, 2.24) is 0 Å². The number of ether oxygens (including phenoxy) is 1. The summed E-state index contributed by atoms with van der Waals surface area (Å²) in [6.07, 6.45) is 2.03. The van der Waals surface area contributed by atoms with Gasteiger partial charge in [0, 0.05) is 11.1 Å². The number of benzene rings is 2. The molecule has 2 N–H and O–H groups in total. The van der Waals surface area contributed by atoms with Crippen LogP contribution in [0, 0.1) is 18.3 Å². The molecule has 3 aliphatic heterocycles. The van der Waals surface area contributed by atoms with Gasteiger partial charge in [-0.3, -0.25) is 4.79 Å². The van der Waals surface area contributed by atoms with E-state index in [1.54, 1.807) is 29.2 Å². The van der Waals surface area contributed by atoms with Crippen molar-refractivity contribution in [2.75, 3.05) is 4.90 Å². The zero-order valence-corrected chi connectivity index (χ0v) is 19.1. The summed E-state index contributed by atoms with van der Waals surface area (Å²) >= 11 is 0. The van der Waals surface area contributed by atoms with E-state index in [1.807, 2.05) is 45.9 Å². The topological polar surface area (TPSA) is 110 Å². The van der Waals surface area contributed by atoms with Crippen LogP contribution in [0.2, 0.25) is 0 Å². The van der Waals surface area contributed by atoms with Crippen LogP contribution in [-0.4, -0.2) is 11.4 Å². The number of anilines is 1. The molecule has 4 heterocycles. The Labute approximate surface area is 195 Å². The third-order valence-corrected chi connectivity index (χ3v) is 7.06. The monoisotopic (exact) mass is 451 g/mol. The summed E-state index contributed by atoms with van der Waals surface area (Å²) in [5, 5.41) is 10.8. The molecule has 1 aromatic heterocycles. The van der Waals surface area contributed by atoms with Crippen molar-refractivity contribution in [2.45, 2.75) is 38.6 Å². The normalized spacial score (nSPS) is 21.8. The van der Waals surface area contributed by atoms with E-state index in [1.165, 1.54) is 0 Å². The highest BCUT2D eigenvalue weighted by atomic mass is 16.5. The molecular formula is C27H21N3O4. The van der Waals surface area contributed by atoms with Crippen LogP contribution in [0.5, 0.6) is 5.75 Å². The third kappa shape index (κ3) is 2.15. The van der Waals surface area contributed by atoms with E-state index in [-0.39, 0.29) is 22.8 Å². The van der Waals surface area contributed by atoms with Gasteiger partial charge in [-0.25, -0.2) is 4.79 Å². The average molecular weight is 451 g/mol. The van der Waals surface area contributed by atoms with Crippen molar-refractivity contribution in [2.24, 2.45) is 5.73 Å². The lowest BCUT2D eigenvalue weighted by Gasteiger charge is -2.40. The maximum atomic E-state index is 14.6. The summed E-state index contributed by atoms with van der Waals surface area (Å²) in [6.45, 7) is 7.79. The van der Waals surface area contributed by atoms with Gasteiger partial charge in [0.05, 0.1) is 16.6 Å². The van der Waals surface area contributed by atoms with Crippen molar-refractivity contribution in [3.8, 4) is 11.8 Å². The van der Waals surface area contributed by atoms with Crippen LogP contribution in [0.4, 0.5) is 5.69 Å². The zero-order valence-electron chi connectivity index (χ0n) is 19.1.